The number of aromatic nitrogens is 5. The first-order valence-electron chi connectivity index (χ1n) is 10.3. The number of nitrogens with one attached hydrogen (secondary N) is 1. The summed E-state index contributed by atoms with van der Waals surface area (Å²) in [5, 5.41) is 10.8. The van der Waals surface area contributed by atoms with Gasteiger partial charge in [-0.1, -0.05) is 11.3 Å². The number of carbonyl (C=O) groups excluding carboxylic acids is 3. The van der Waals surface area contributed by atoms with Crippen molar-refractivity contribution in [3.8, 4) is 16.9 Å². The summed E-state index contributed by atoms with van der Waals surface area (Å²) in [5.74, 6) is -1.02. The molecule has 0 spiro atoms. The van der Waals surface area contributed by atoms with Crippen molar-refractivity contribution >= 4 is 28.8 Å². The predicted molar refractivity (Wildman–Crippen MR) is 112 cm³/mol. The first-order chi connectivity index (χ1) is 15.6. The molecule has 158 valence electrons. The quantitative estimate of drug-likeness (QED) is 0.501. The Morgan fingerprint density at radius 2 is 1.81 bits per heavy atom. The first-order valence-corrected chi connectivity index (χ1v) is 10.3. The van der Waals surface area contributed by atoms with E-state index in [0.29, 0.717) is 17.7 Å². The Balaban J connectivity index is 1.30. The smallest absolute Gasteiger partial charge is 0.273 e. The molecular weight excluding hydrogens is 410 g/mol. The number of benzene rings is 2. The van der Waals surface area contributed by atoms with Crippen LogP contribution in [-0.2, 0) is 16.1 Å². The number of hydrogen-bond donors (Lipinski definition) is 1. The summed E-state index contributed by atoms with van der Waals surface area (Å²) in [4.78, 5) is 44.7. The van der Waals surface area contributed by atoms with E-state index in [9.17, 15) is 14.4 Å². The van der Waals surface area contributed by atoms with Crippen molar-refractivity contribution in [3.63, 3.8) is 0 Å². The number of hydrogen-bond acceptors (Lipinski definition) is 6. The molecule has 0 radical (unpaired) electrons. The van der Waals surface area contributed by atoms with Crippen molar-refractivity contribution < 1.29 is 14.4 Å². The molecule has 2 aliphatic rings. The highest BCUT2D eigenvalue weighted by atomic mass is 16.2. The molecule has 1 N–H and O–H groups in total. The van der Waals surface area contributed by atoms with Crippen molar-refractivity contribution in [2.75, 3.05) is 0 Å². The predicted octanol–water partition coefficient (Wildman–Crippen LogP) is 2.22. The maximum atomic E-state index is 12.8. The van der Waals surface area contributed by atoms with E-state index < -0.39 is 0 Å². The second-order valence-corrected chi connectivity index (χ2v) is 7.84. The third-order valence-corrected chi connectivity index (χ3v) is 5.84. The Morgan fingerprint density at radius 1 is 0.969 bits per heavy atom. The summed E-state index contributed by atoms with van der Waals surface area (Å²) in [6, 6.07) is 11.1. The Kier molecular flexibility index (Phi) is 3.94. The second kappa shape index (κ2) is 6.84. The summed E-state index contributed by atoms with van der Waals surface area (Å²) in [7, 11) is 0. The number of imide groups is 1. The van der Waals surface area contributed by atoms with Crippen molar-refractivity contribution in [1.82, 2.24) is 35.0 Å². The van der Waals surface area contributed by atoms with E-state index >= 15 is 0 Å². The molecular formula is C22H17N7O3. The maximum Gasteiger partial charge on any atom is 0.273 e. The summed E-state index contributed by atoms with van der Waals surface area (Å²) < 4.78 is 1.64. The Morgan fingerprint density at radius 3 is 2.66 bits per heavy atom. The summed E-state index contributed by atoms with van der Waals surface area (Å²) in [5.41, 5.74) is 5.33. The highest BCUT2D eigenvalue weighted by Crippen LogP contribution is 2.29. The molecule has 0 atom stereocenters. The Hall–Kier alpha value is -4.34. The van der Waals surface area contributed by atoms with Gasteiger partial charge < -0.3 is 4.98 Å². The minimum absolute atomic E-state index is 0.164. The van der Waals surface area contributed by atoms with Crippen molar-refractivity contribution in [3.05, 3.63) is 60.0 Å². The lowest BCUT2D eigenvalue weighted by atomic mass is 10.1. The van der Waals surface area contributed by atoms with Gasteiger partial charge in [0.1, 0.15) is 5.69 Å². The van der Waals surface area contributed by atoms with E-state index in [4.69, 9.17) is 0 Å². The lowest BCUT2D eigenvalue weighted by molar-refractivity contribution is -0.163. The number of amides is 3. The van der Waals surface area contributed by atoms with Gasteiger partial charge in [0, 0.05) is 24.0 Å². The molecule has 1 fully saturated rings. The molecule has 10 nitrogen and oxygen atoms in total. The summed E-state index contributed by atoms with van der Waals surface area (Å²) in [6.45, 7) is 0.164. The zero-order valence-electron chi connectivity index (χ0n) is 16.9. The van der Waals surface area contributed by atoms with Crippen molar-refractivity contribution in [1.29, 1.82) is 0 Å². The van der Waals surface area contributed by atoms with Crippen LogP contribution in [0.4, 0.5) is 0 Å². The van der Waals surface area contributed by atoms with Gasteiger partial charge in [-0.15, -0.1) is 5.10 Å². The fourth-order valence-corrected chi connectivity index (χ4v) is 4.22. The van der Waals surface area contributed by atoms with E-state index in [-0.39, 0.29) is 37.1 Å². The molecule has 1 saturated heterocycles. The zero-order valence-corrected chi connectivity index (χ0v) is 16.9. The Bertz CT molecular complexity index is 1400. The number of piperidine rings is 1. The van der Waals surface area contributed by atoms with Crippen molar-refractivity contribution in [2.24, 2.45) is 0 Å². The van der Waals surface area contributed by atoms with Gasteiger partial charge in [0.05, 0.1) is 35.8 Å². The number of rotatable bonds is 3. The molecule has 3 amide bonds. The van der Waals surface area contributed by atoms with Crippen LogP contribution >= 0.6 is 0 Å². The zero-order chi connectivity index (χ0) is 21.8. The molecule has 4 aromatic rings. The monoisotopic (exact) mass is 427 g/mol. The fraction of sp³-hybridized carbons (Fsp3) is 0.182. The highest BCUT2D eigenvalue weighted by molar-refractivity contribution is 6.04. The van der Waals surface area contributed by atoms with E-state index in [0.717, 1.165) is 32.9 Å². The van der Waals surface area contributed by atoms with Gasteiger partial charge in [0.25, 0.3) is 5.91 Å². The third-order valence-electron chi connectivity index (χ3n) is 5.84. The van der Waals surface area contributed by atoms with Gasteiger partial charge in [-0.3, -0.25) is 14.4 Å². The van der Waals surface area contributed by atoms with Crippen LogP contribution in [-0.4, -0.2) is 52.7 Å². The lowest BCUT2D eigenvalue weighted by Gasteiger charge is -2.32. The van der Waals surface area contributed by atoms with Crippen LogP contribution in [0.25, 0.3) is 28.0 Å². The van der Waals surface area contributed by atoms with Gasteiger partial charge >= 0.3 is 0 Å². The SMILES string of the molecule is O=C1c2ccc(-n3cc(-c4ccc5nc[nH]c5c4)nn3)cc2CN1N1C(=O)CCCC1=O. The molecule has 6 rings (SSSR count). The number of H-pyrrole nitrogens is 1. The van der Waals surface area contributed by atoms with Crippen LogP contribution in [0.2, 0.25) is 0 Å². The van der Waals surface area contributed by atoms with Gasteiger partial charge in [-0.2, -0.15) is 5.01 Å². The first kappa shape index (κ1) is 18.4. The highest BCUT2D eigenvalue weighted by Gasteiger charge is 2.39. The van der Waals surface area contributed by atoms with Crippen LogP contribution in [0.5, 0.6) is 0 Å². The van der Waals surface area contributed by atoms with Crippen LogP contribution in [0.1, 0.15) is 35.2 Å². The normalized spacial score (nSPS) is 16.3. The molecule has 4 heterocycles. The molecule has 10 heteroatoms. The number of nitrogens with zero attached hydrogens (tertiary/aromatic N) is 6. The molecule has 0 bridgehead atoms. The number of imidazole rings is 1. The average molecular weight is 427 g/mol. The van der Waals surface area contributed by atoms with Gasteiger partial charge in [-0.25, -0.2) is 14.7 Å². The molecule has 2 aliphatic heterocycles. The molecule has 32 heavy (non-hydrogen) atoms. The van der Waals surface area contributed by atoms with E-state index in [2.05, 4.69) is 20.3 Å². The molecule has 0 saturated carbocycles. The minimum atomic E-state index is -0.345. The summed E-state index contributed by atoms with van der Waals surface area (Å²) in [6.07, 6.45) is 4.51. The lowest BCUT2D eigenvalue weighted by Crippen LogP contribution is -2.51. The Labute approximate surface area is 181 Å². The molecule has 2 aromatic carbocycles. The van der Waals surface area contributed by atoms with E-state index in [1.807, 2.05) is 30.5 Å². The average Bonchev–Trinajstić information content (AvgIpc) is 3.52. The molecule has 0 aliphatic carbocycles. The van der Waals surface area contributed by atoms with Gasteiger partial charge in [0.15, 0.2) is 0 Å². The van der Waals surface area contributed by atoms with Crippen LogP contribution in [0.3, 0.4) is 0 Å². The van der Waals surface area contributed by atoms with E-state index in [1.54, 1.807) is 23.1 Å². The number of hydrazine groups is 1. The third kappa shape index (κ3) is 2.80. The summed E-state index contributed by atoms with van der Waals surface area (Å²) >= 11 is 0. The van der Waals surface area contributed by atoms with E-state index in [1.165, 1.54) is 5.01 Å². The fourth-order valence-electron chi connectivity index (χ4n) is 4.22. The van der Waals surface area contributed by atoms with Crippen LogP contribution < -0.4 is 0 Å². The maximum absolute atomic E-state index is 12.8. The largest absolute Gasteiger partial charge is 0.345 e. The van der Waals surface area contributed by atoms with Gasteiger partial charge in [-0.05, 0) is 42.3 Å². The standard InChI is InChI=1S/C22H17N7O3/c30-20-2-1-3-21(31)29(20)28-10-14-8-15(5-6-16(14)22(28)32)27-11-19(25-26-27)13-4-7-17-18(9-13)24-12-23-17/h4-9,11-12H,1-3,10H2,(H,23,24). The van der Waals surface area contributed by atoms with Crippen molar-refractivity contribution in [2.45, 2.75) is 25.8 Å². The number of fused-ring (bicyclic) bond motifs is 2. The number of carbonyl (C=O) groups is 3. The molecule has 0 unspecified atom stereocenters. The molecule has 2 aromatic heterocycles. The topological polar surface area (TPSA) is 117 Å². The number of aromatic amines is 1. The van der Waals surface area contributed by atoms with Gasteiger partial charge in [0.2, 0.25) is 11.8 Å². The second-order valence-electron chi connectivity index (χ2n) is 7.84. The minimum Gasteiger partial charge on any atom is -0.345 e. The van der Waals surface area contributed by atoms with Crippen LogP contribution in [0.15, 0.2) is 48.9 Å². The van der Waals surface area contributed by atoms with Crippen LogP contribution in [0, 0.1) is 0 Å².